The van der Waals surface area contributed by atoms with E-state index in [1.165, 1.54) is 11.6 Å². The van der Waals surface area contributed by atoms with E-state index in [0.717, 1.165) is 6.07 Å². The van der Waals surface area contributed by atoms with E-state index in [-0.39, 0.29) is 21.3 Å². The van der Waals surface area contributed by atoms with Crippen LogP contribution in [0, 0.1) is 23.0 Å². The van der Waals surface area contributed by atoms with Crippen LogP contribution in [0.15, 0.2) is 10.5 Å². The van der Waals surface area contributed by atoms with E-state index in [9.17, 15) is 8.78 Å². The highest BCUT2D eigenvalue weighted by Crippen LogP contribution is 2.27. The van der Waals surface area contributed by atoms with E-state index in [4.69, 9.17) is 5.26 Å². The van der Waals surface area contributed by atoms with Crippen molar-refractivity contribution < 1.29 is 8.78 Å². The maximum absolute atomic E-state index is 13.5. The van der Waals surface area contributed by atoms with Gasteiger partial charge in [0.25, 0.3) is 0 Å². The van der Waals surface area contributed by atoms with Crippen LogP contribution < -0.4 is 0 Å². The minimum atomic E-state index is -0.790. The van der Waals surface area contributed by atoms with Gasteiger partial charge in [0, 0.05) is 13.1 Å². The van der Waals surface area contributed by atoms with Crippen LogP contribution in [0.25, 0.3) is 11.0 Å². The molecule has 1 aromatic carbocycles. The fraction of sp³-hybridized carbons (Fsp3) is 0.111. The molecule has 3 nitrogen and oxygen atoms in total. The zero-order valence-electron chi connectivity index (χ0n) is 7.55. The summed E-state index contributed by atoms with van der Waals surface area (Å²) >= 11 is 2.77. The van der Waals surface area contributed by atoms with Gasteiger partial charge < -0.3 is 4.57 Å². The van der Waals surface area contributed by atoms with Gasteiger partial charge in [0.05, 0.1) is 9.99 Å². The van der Waals surface area contributed by atoms with Crippen LogP contribution in [0.5, 0.6) is 0 Å². The van der Waals surface area contributed by atoms with E-state index in [1.54, 1.807) is 6.07 Å². The molecule has 0 aliphatic rings. The summed E-state index contributed by atoms with van der Waals surface area (Å²) in [7, 11) is 1.53. The molecule has 0 radical (unpaired) electrons. The lowest BCUT2D eigenvalue weighted by Gasteiger charge is -1.99. The highest BCUT2D eigenvalue weighted by molar-refractivity contribution is 9.10. The highest BCUT2D eigenvalue weighted by Gasteiger charge is 2.17. The monoisotopic (exact) mass is 271 g/mol. The summed E-state index contributed by atoms with van der Waals surface area (Å²) in [5, 5.41) is 8.69. The zero-order valence-corrected chi connectivity index (χ0v) is 9.14. The SMILES string of the molecule is Cn1c(C#N)nc2c(F)c(Br)c(F)cc21. The first-order valence-electron chi connectivity index (χ1n) is 3.96. The van der Waals surface area contributed by atoms with Gasteiger partial charge in [-0.1, -0.05) is 0 Å². The van der Waals surface area contributed by atoms with Crippen molar-refractivity contribution >= 4 is 27.0 Å². The topological polar surface area (TPSA) is 41.6 Å². The molecule has 0 saturated heterocycles. The van der Waals surface area contributed by atoms with Crippen molar-refractivity contribution in [1.29, 1.82) is 5.26 Å². The molecule has 0 bridgehead atoms. The Balaban J connectivity index is 2.97. The van der Waals surface area contributed by atoms with Gasteiger partial charge in [-0.15, -0.1) is 0 Å². The Labute approximate surface area is 92.1 Å². The second kappa shape index (κ2) is 3.28. The van der Waals surface area contributed by atoms with Crippen LogP contribution in [-0.2, 0) is 7.05 Å². The maximum atomic E-state index is 13.5. The van der Waals surface area contributed by atoms with Crippen molar-refractivity contribution in [1.82, 2.24) is 9.55 Å². The van der Waals surface area contributed by atoms with E-state index in [2.05, 4.69) is 20.9 Å². The minimum Gasteiger partial charge on any atom is -0.318 e. The average molecular weight is 272 g/mol. The number of hydrogen-bond donors (Lipinski definition) is 0. The van der Waals surface area contributed by atoms with Gasteiger partial charge in [0.15, 0.2) is 5.82 Å². The molecule has 0 aliphatic carbocycles. The maximum Gasteiger partial charge on any atom is 0.213 e. The number of halogens is 3. The summed E-state index contributed by atoms with van der Waals surface area (Å²) < 4.78 is 27.8. The average Bonchev–Trinajstić information content (AvgIpc) is 2.53. The van der Waals surface area contributed by atoms with Gasteiger partial charge in [0.2, 0.25) is 5.82 Å². The number of benzene rings is 1. The summed E-state index contributed by atoms with van der Waals surface area (Å²) in [5.41, 5.74) is 0.243. The Morgan fingerprint density at radius 2 is 2.20 bits per heavy atom. The quantitative estimate of drug-likeness (QED) is 0.691. The molecule has 0 atom stereocenters. The largest absolute Gasteiger partial charge is 0.318 e. The van der Waals surface area contributed by atoms with Gasteiger partial charge in [-0.3, -0.25) is 0 Å². The molecule has 2 aromatic rings. The fourth-order valence-corrected chi connectivity index (χ4v) is 1.63. The molecule has 0 saturated carbocycles. The Kier molecular flexibility index (Phi) is 2.20. The third-order valence-corrected chi connectivity index (χ3v) is 2.84. The molecule has 0 N–H and O–H groups in total. The van der Waals surface area contributed by atoms with Gasteiger partial charge in [-0.05, 0) is 15.9 Å². The van der Waals surface area contributed by atoms with Crippen molar-refractivity contribution in [3.63, 3.8) is 0 Å². The molecular weight excluding hydrogens is 268 g/mol. The predicted molar refractivity (Wildman–Crippen MR) is 53.0 cm³/mol. The Morgan fingerprint density at radius 1 is 1.53 bits per heavy atom. The standard InChI is InChI=1S/C9H4BrF2N3/c1-15-5-2-4(11)7(10)8(12)9(5)14-6(15)3-13/h2H,1H3. The fourth-order valence-electron chi connectivity index (χ4n) is 1.33. The number of nitrogens with zero attached hydrogens (tertiary/aromatic N) is 3. The van der Waals surface area contributed by atoms with Crippen LogP contribution in [0.1, 0.15) is 5.82 Å². The lowest BCUT2D eigenvalue weighted by atomic mass is 10.3. The Morgan fingerprint density at radius 3 is 2.80 bits per heavy atom. The molecule has 0 fully saturated rings. The molecule has 1 aromatic heterocycles. The number of hydrogen-bond acceptors (Lipinski definition) is 2. The third-order valence-electron chi connectivity index (χ3n) is 2.11. The van der Waals surface area contributed by atoms with Crippen LogP contribution >= 0.6 is 15.9 Å². The molecule has 0 spiro atoms. The van der Waals surface area contributed by atoms with Crippen molar-refractivity contribution in [2.24, 2.45) is 7.05 Å². The van der Waals surface area contributed by atoms with Gasteiger partial charge >= 0.3 is 0 Å². The first kappa shape index (κ1) is 10.1. The number of imidazole rings is 1. The van der Waals surface area contributed by atoms with Crippen molar-refractivity contribution in [2.75, 3.05) is 0 Å². The normalized spacial score (nSPS) is 10.6. The molecule has 2 rings (SSSR count). The predicted octanol–water partition coefficient (Wildman–Crippen LogP) is 2.49. The lowest BCUT2D eigenvalue weighted by Crippen LogP contribution is -1.92. The summed E-state index contributed by atoms with van der Waals surface area (Å²) in [5.74, 6) is -1.46. The smallest absolute Gasteiger partial charge is 0.213 e. The minimum absolute atomic E-state index is 0.0117. The van der Waals surface area contributed by atoms with Crippen LogP contribution in [-0.4, -0.2) is 9.55 Å². The van der Waals surface area contributed by atoms with Crippen molar-refractivity contribution in [2.45, 2.75) is 0 Å². The molecule has 15 heavy (non-hydrogen) atoms. The molecule has 0 amide bonds. The van der Waals surface area contributed by atoms with Crippen molar-refractivity contribution in [3.05, 3.63) is 28.0 Å². The number of aromatic nitrogens is 2. The van der Waals surface area contributed by atoms with Crippen molar-refractivity contribution in [3.8, 4) is 6.07 Å². The van der Waals surface area contributed by atoms with E-state index < -0.39 is 11.6 Å². The Hall–Kier alpha value is -1.48. The van der Waals surface area contributed by atoms with Crippen LogP contribution in [0.4, 0.5) is 8.78 Å². The van der Waals surface area contributed by atoms with Crippen LogP contribution in [0.3, 0.4) is 0 Å². The highest BCUT2D eigenvalue weighted by atomic mass is 79.9. The molecule has 0 aliphatic heterocycles. The summed E-state index contributed by atoms with van der Waals surface area (Å²) in [6, 6.07) is 2.93. The van der Waals surface area contributed by atoms with E-state index in [1.807, 2.05) is 0 Å². The van der Waals surface area contributed by atoms with E-state index in [0.29, 0.717) is 0 Å². The molecular formula is C9H4BrF2N3. The molecule has 1 heterocycles. The second-order valence-electron chi connectivity index (χ2n) is 2.96. The number of rotatable bonds is 0. The van der Waals surface area contributed by atoms with Crippen LogP contribution in [0.2, 0.25) is 0 Å². The Bertz CT molecular complexity index is 598. The number of nitriles is 1. The van der Waals surface area contributed by atoms with Gasteiger partial charge in [-0.25, -0.2) is 13.8 Å². The summed E-state index contributed by atoms with van der Waals surface area (Å²) in [6.07, 6.45) is 0. The number of fused-ring (bicyclic) bond motifs is 1. The lowest BCUT2D eigenvalue weighted by molar-refractivity contribution is 0.579. The third kappa shape index (κ3) is 1.31. The first-order chi connectivity index (χ1) is 7.06. The second-order valence-corrected chi connectivity index (χ2v) is 3.75. The van der Waals surface area contributed by atoms with Gasteiger partial charge in [-0.2, -0.15) is 5.26 Å². The number of aryl methyl sites for hydroxylation is 1. The molecule has 0 unspecified atom stereocenters. The molecule has 6 heteroatoms. The first-order valence-corrected chi connectivity index (χ1v) is 4.75. The summed E-state index contributed by atoms with van der Waals surface area (Å²) in [6.45, 7) is 0. The summed E-state index contributed by atoms with van der Waals surface area (Å²) in [4.78, 5) is 3.76. The molecule has 76 valence electrons. The van der Waals surface area contributed by atoms with E-state index >= 15 is 0 Å². The zero-order chi connectivity index (χ0) is 11.2. The van der Waals surface area contributed by atoms with Gasteiger partial charge in [0.1, 0.15) is 17.4 Å².